The molecule has 4 aromatic rings. The van der Waals surface area contributed by atoms with Crippen LogP contribution in [0.2, 0.25) is 0 Å². The molecule has 0 saturated carbocycles. The number of carbonyl (C=O) groups is 2. The Morgan fingerprint density at radius 1 is 1.13 bits per heavy atom. The molecular formula is C23H18N4O4. The van der Waals surface area contributed by atoms with Crippen molar-refractivity contribution in [2.45, 2.75) is 13.0 Å². The molecule has 0 fully saturated rings. The number of pyridine rings is 1. The van der Waals surface area contributed by atoms with Gasteiger partial charge in [-0.25, -0.2) is 4.98 Å². The minimum absolute atomic E-state index is 0.128. The van der Waals surface area contributed by atoms with E-state index in [0.717, 1.165) is 0 Å². The number of para-hydroxylation sites is 2. The van der Waals surface area contributed by atoms with Crippen LogP contribution in [0.5, 0.6) is 5.75 Å². The summed E-state index contributed by atoms with van der Waals surface area (Å²) < 4.78 is 11.4. The van der Waals surface area contributed by atoms with E-state index in [1.54, 1.807) is 49.5 Å². The van der Waals surface area contributed by atoms with Gasteiger partial charge in [-0.15, -0.1) is 0 Å². The van der Waals surface area contributed by atoms with Crippen LogP contribution >= 0.6 is 0 Å². The highest BCUT2D eigenvalue weighted by Crippen LogP contribution is 2.33. The van der Waals surface area contributed by atoms with Crippen LogP contribution < -0.4 is 15.0 Å². The van der Waals surface area contributed by atoms with E-state index in [1.807, 2.05) is 24.3 Å². The molecule has 154 valence electrons. The van der Waals surface area contributed by atoms with Crippen molar-refractivity contribution in [3.05, 3.63) is 66.9 Å². The first-order valence-electron chi connectivity index (χ1n) is 9.77. The molecule has 1 aliphatic rings. The molecule has 2 aromatic heterocycles. The maximum absolute atomic E-state index is 12.7. The molecule has 0 spiro atoms. The third-order valence-corrected chi connectivity index (χ3v) is 4.93. The lowest BCUT2D eigenvalue weighted by molar-refractivity contribution is -0.127. The lowest BCUT2D eigenvalue weighted by atomic mass is 10.2. The number of carbonyl (C=O) groups excluding carboxylic acids is 2. The average molecular weight is 414 g/mol. The van der Waals surface area contributed by atoms with E-state index in [9.17, 15) is 9.59 Å². The topological polar surface area (TPSA) is 97.6 Å². The molecule has 2 amide bonds. The Hall–Kier alpha value is -4.20. The van der Waals surface area contributed by atoms with Crippen molar-refractivity contribution in [3.8, 4) is 17.3 Å². The van der Waals surface area contributed by atoms with Crippen LogP contribution in [0.3, 0.4) is 0 Å². The van der Waals surface area contributed by atoms with Gasteiger partial charge in [0.25, 0.3) is 5.91 Å². The van der Waals surface area contributed by atoms with E-state index in [1.165, 1.54) is 4.90 Å². The van der Waals surface area contributed by atoms with Crippen molar-refractivity contribution in [1.82, 2.24) is 9.97 Å². The highest BCUT2D eigenvalue weighted by atomic mass is 16.5. The SMILES string of the molecule is C[C@@H]1Oc2ccccc2N(CC(=O)Nc2ccc3nc(-c4ccccn4)oc3c2)C1=O. The van der Waals surface area contributed by atoms with Crippen molar-refractivity contribution in [3.63, 3.8) is 0 Å². The van der Waals surface area contributed by atoms with E-state index in [4.69, 9.17) is 9.15 Å². The van der Waals surface area contributed by atoms with Crippen molar-refractivity contribution in [2.75, 3.05) is 16.8 Å². The summed E-state index contributed by atoms with van der Waals surface area (Å²) >= 11 is 0. The first-order valence-corrected chi connectivity index (χ1v) is 9.77. The first kappa shape index (κ1) is 18.8. The van der Waals surface area contributed by atoms with Gasteiger partial charge in [0.2, 0.25) is 11.8 Å². The molecule has 1 N–H and O–H groups in total. The molecule has 0 saturated heterocycles. The van der Waals surface area contributed by atoms with Crippen molar-refractivity contribution < 1.29 is 18.7 Å². The van der Waals surface area contributed by atoms with Crippen LogP contribution in [0.4, 0.5) is 11.4 Å². The number of hydrogen-bond acceptors (Lipinski definition) is 6. The second-order valence-electron chi connectivity index (χ2n) is 7.12. The maximum Gasteiger partial charge on any atom is 0.268 e. The Labute approximate surface area is 177 Å². The molecule has 0 bridgehead atoms. The number of anilines is 2. The number of rotatable bonds is 4. The molecule has 8 heteroatoms. The number of hydrogen-bond donors (Lipinski definition) is 1. The summed E-state index contributed by atoms with van der Waals surface area (Å²) in [4.78, 5) is 35.4. The van der Waals surface area contributed by atoms with Gasteiger partial charge in [0.15, 0.2) is 11.7 Å². The number of nitrogens with zero attached hydrogens (tertiary/aromatic N) is 3. The molecule has 1 atom stereocenters. The molecule has 8 nitrogen and oxygen atoms in total. The fraction of sp³-hybridized carbons (Fsp3) is 0.130. The van der Waals surface area contributed by atoms with E-state index in [2.05, 4.69) is 15.3 Å². The van der Waals surface area contributed by atoms with E-state index >= 15 is 0 Å². The summed E-state index contributed by atoms with van der Waals surface area (Å²) in [6, 6.07) is 17.8. The lowest BCUT2D eigenvalue weighted by Crippen LogP contribution is -2.47. The number of ether oxygens (including phenoxy) is 1. The zero-order valence-electron chi connectivity index (χ0n) is 16.6. The minimum Gasteiger partial charge on any atom is -0.479 e. The van der Waals surface area contributed by atoms with Crippen LogP contribution in [0.1, 0.15) is 6.92 Å². The fourth-order valence-corrected chi connectivity index (χ4v) is 3.47. The third-order valence-electron chi connectivity index (χ3n) is 4.93. The standard InChI is InChI=1S/C23H18N4O4/c1-14-23(29)27(18-7-2-3-8-19(18)30-14)13-21(28)25-15-9-10-16-20(12-15)31-22(26-16)17-6-4-5-11-24-17/h2-12,14H,13H2,1H3,(H,25,28)/t14-/m0/s1. The summed E-state index contributed by atoms with van der Waals surface area (Å²) in [6.07, 6.45) is 1.01. The summed E-state index contributed by atoms with van der Waals surface area (Å²) in [5.41, 5.74) is 2.93. The van der Waals surface area contributed by atoms with E-state index < -0.39 is 6.10 Å². The minimum atomic E-state index is -0.654. The second kappa shape index (κ2) is 7.56. The third kappa shape index (κ3) is 3.59. The Morgan fingerprint density at radius 3 is 2.81 bits per heavy atom. The number of oxazole rings is 1. The molecule has 5 rings (SSSR count). The van der Waals surface area contributed by atoms with Crippen LogP contribution in [0.25, 0.3) is 22.7 Å². The second-order valence-corrected chi connectivity index (χ2v) is 7.12. The molecule has 2 aromatic carbocycles. The molecule has 1 aliphatic heterocycles. The normalized spacial score (nSPS) is 15.5. The summed E-state index contributed by atoms with van der Waals surface area (Å²) in [6.45, 7) is 1.54. The fourth-order valence-electron chi connectivity index (χ4n) is 3.47. The zero-order chi connectivity index (χ0) is 21.4. The number of nitrogens with one attached hydrogen (secondary N) is 1. The molecule has 3 heterocycles. The highest BCUT2D eigenvalue weighted by Gasteiger charge is 2.32. The molecule has 31 heavy (non-hydrogen) atoms. The molecule has 0 unspecified atom stereocenters. The summed E-state index contributed by atoms with van der Waals surface area (Å²) in [7, 11) is 0. The molecule has 0 radical (unpaired) electrons. The predicted molar refractivity (Wildman–Crippen MR) is 115 cm³/mol. The van der Waals surface area contributed by atoms with Gasteiger partial charge in [0.05, 0.1) is 5.69 Å². The Balaban J connectivity index is 1.35. The van der Waals surface area contributed by atoms with Crippen LogP contribution in [-0.2, 0) is 9.59 Å². The summed E-state index contributed by atoms with van der Waals surface area (Å²) in [5.74, 6) is 0.386. The van der Waals surface area contributed by atoms with Gasteiger partial charge >= 0.3 is 0 Å². The van der Waals surface area contributed by atoms with Crippen molar-refractivity contribution in [2.24, 2.45) is 0 Å². The Morgan fingerprint density at radius 2 is 1.97 bits per heavy atom. The van der Waals surface area contributed by atoms with Crippen LogP contribution in [0.15, 0.2) is 71.3 Å². The largest absolute Gasteiger partial charge is 0.479 e. The number of amides is 2. The number of benzene rings is 2. The monoisotopic (exact) mass is 414 g/mol. The van der Waals surface area contributed by atoms with Crippen molar-refractivity contribution in [1.29, 1.82) is 0 Å². The van der Waals surface area contributed by atoms with E-state index in [-0.39, 0.29) is 18.4 Å². The Kier molecular flexibility index (Phi) is 4.59. The van der Waals surface area contributed by atoms with Gasteiger partial charge in [0.1, 0.15) is 23.5 Å². The average Bonchev–Trinajstić information content (AvgIpc) is 3.21. The highest BCUT2D eigenvalue weighted by molar-refractivity contribution is 6.06. The first-order chi connectivity index (χ1) is 15.1. The maximum atomic E-state index is 12.7. The van der Waals surface area contributed by atoms with Gasteiger partial charge in [-0.1, -0.05) is 18.2 Å². The van der Waals surface area contributed by atoms with Crippen molar-refractivity contribution >= 4 is 34.3 Å². The lowest BCUT2D eigenvalue weighted by Gasteiger charge is -2.32. The van der Waals surface area contributed by atoms with Gasteiger partial charge in [-0.2, -0.15) is 0 Å². The quantitative estimate of drug-likeness (QED) is 0.548. The van der Waals surface area contributed by atoms with Gasteiger partial charge in [-0.05, 0) is 43.3 Å². The number of fused-ring (bicyclic) bond motifs is 2. The zero-order valence-corrected chi connectivity index (χ0v) is 16.6. The summed E-state index contributed by atoms with van der Waals surface area (Å²) in [5, 5.41) is 2.82. The van der Waals surface area contributed by atoms with Gasteiger partial charge in [0, 0.05) is 18.0 Å². The Bertz CT molecular complexity index is 1290. The number of aromatic nitrogens is 2. The van der Waals surface area contributed by atoms with Gasteiger partial charge in [-0.3, -0.25) is 19.5 Å². The molecule has 0 aliphatic carbocycles. The molecular weight excluding hydrogens is 396 g/mol. The van der Waals surface area contributed by atoms with Crippen LogP contribution in [-0.4, -0.2) is 34.4 Å². The van der Waals surface area contributed by atoms with E-state index in [0.29, 0.717) is 39.8 Å². The van der Waals surface area contributed by atoms with Gasteiger partial charge < -0.3 is 14.5 Å². The predicted octanol–water partition coefficient (Wildman–Crippen LogP) is 3.64. The smallest absolute Gasteiger partial charge is 0.268 e. The van der Waals surface area contributed by atoms with Crippen LogP contribution in [0, 0.1) is 0 Å².